The molecule has 6 nitrogen and oxygen atoms in total. The van der Waals surface area contributed by atoms with Gasteiger partial charge in [0.2, 0.25) is 0 Å². The van der Waals surface area contributed by atoms with Crippen LogP contribution in [0.5, 0.6) is 0 Å². The smallest absolute Gasteiger partial charge is 0.254 e. The number of amides is 1. The maximum absolute atomic E-state index is 12.9. The topological polar surface area (TPSA) is 50.6 Å². The zero-order valence-corrected chi connectivity index (χ0v) is 14.4. The number of benzene rings is 1. The lowest BCUT2D eigenvalue weighted by atomic mass is 10.1. The first-order valence-corrected chi connectivity index (χ1v) is 9.02. The minimum absolute atomic E-state index is 0.128. The second kappa shape index (κ2) is 7.27. The van der Waals surface area contributed by atoms with E-state index in [0.29, 0.717) is 0 Å². The molecule has 2 aliphatic rings. The highest BCUT2D eigenvalue weighted by Gasteiger charge is 2.29. The first kappa shape index (κ1) is 16.1. The van der Waals surface area contributed by atoms with Gasteiger partial charge in [-0.3, -0.25) is 9.48 Å². The number of hydrogen-bond acceptors (Lipinski definition) is 4. The Labute approximate surface area is 148 Å². The minimum atomic E-state index is 0.128. The van der Waals surface area contributed by atoms with Crippen LogP contribution in [0.25, 0.3) is 0 Å². The summed E-state index contributed by atoms with van der Waals surface area (Å²) in [6.45, 7) is 4.95. The molecule has 2 aliphatic heterocycles. The minimum Gasteiger partial charge on any atom is -0.378 e. The largest absolute Gasteiger partial charge is 0.378 e. The van der Waals surface area contributed by atoms with Gasteiger partial charge in [-0.05, 0) is 43.2 Å². The lowest BCUT2D eigenvalue weighted by Gasteiger charge is -2.29. The normalized spacial score (nSPS) is 20.9. The Bertz CT molecular complexity index is 693. The number of carbonyl (C=O) groups excluding carboxylic acids is 1. The quantitative estimate of drug-likeness (QED) is 0.854. The van der Waals surface area contributed by atoms with Crippen LogP contribution in [0.15, 0.2) is 42.7 Å². The number of nitrogens with zero attached hydrogens (tertiary/aromatic N) is 4. The molecule has 4 rings (SSSR count). The van der Waals surface area contributed by atoms with Crippen LogP contribution >= 0.6 is 0 Å². The molecule has 0 radical (unpaired) electrons. The molecule has 2 fully saturated rings. The molecule has 25 heavy (non-hydrogen) atoms. The zero-order valence-electron chi connectivity index (χ0n) is 14.4. The van der Waals surface area contributed by atoms with Crippen molar-refractivity contribution in [3.63, 3.8) is 0 Å². The summed E-state index contributed by atoms with van der Waals surface area (Å²) < 4.78 is 7.31. The predicted molar refractivity (Wildman–Crippen MR) is 95.8 cm³/mol. The van der Waals surface area contributed by atoms with Gasteiger partial charge in [0.25, 0.3) is 5.91 Å². The lowest BCUT2D eigenvalue weighted by molar-refractivity contribution is 0.0721. The number of aromatic nitrogens is 2. The van der Waals surface area contributed by atoms with Crippen LogP contribution in [-0.4, -0.2) is 59.5 Å². The van der Waals surface area contributed by atoms with Crippen molar-refractivity contribution in [2.24, 2.45) is 0 Å². The summed E-state index contributed by atoms with van der Waals surface area (Å²) in [5.74, 6) is 0.128. The molecule has 0 saturated carbocycles. The van der Waals surface area contributed by atoms with E-state index in [0.717, 1.165) is 63.5 Å². The summed E-state index contributed by atoms with van der Waals surface area (Å²) in [5.41, 5.74) is 1.93. The first-order chi connectivity index (χ1) is 12.3. The zero-order chi connectivity index (χ0) is 17.1. The molecule has 3 heterocycles. The van der Waals surface area contributed by atoms with Gasteiger partial charge in [0.1, 0.15) is 0 Å². The van der Waals surface area contributed by atoms with E-state index in [1.807, 2.05) is 34.0 Å². The number of morpholine rings is 1. The molecule has 1 unspecified atom stereocenters. The fraction of sp³-hybridized carbons (Fsp3) is 0.474. The highest BCUT2D eigenvalue weighted by Crippen LogP contribution is 2.23. The predicted octanol–water partition coefficient (Wildman–Crippen LogP) is 2.02. The molecule has 2 aromatic rings. The fourth-order valence-corrected chi connectivity index (χ4v) is 3.72. The van der Waals surface area contributed by atoms with Crippen LogP contribution in [0.2, 0.25) is 0 Å². The summed E-state index contributed by atoms with van der Waals surface area (Å²) in [6, 6.07) is 10.2. The molecule has 1 aromatic carbocycles. The van der Waals surface area contributed by atoms with E-state index in [1.165, 1.54) is 0 Å². The van der Waals surface area contributed by atoms with Gasteiger partial charge >= 0.3 is 0 Å². The lowest BCUT2D eigenvalue weighted by Crippen LogP contribution is -2.38. The summed E-state index contributed by atoms with van der Waals surface area (Å²) in [4.78, 5) is 17.2. The van der Waals surface area contributed by atoms with Crippen molar-refractivity contribution in [2.75, 3.05) is 37.7 Å². The van der Waals surface area contributed by atoms with E-state index in [-0.39, 0.29) is 11.9 Å². The maximum Gasteiger partial charge on any atom is 0.254 e. The maximum atomic E-state index is 12.9. The second-order valence-corrected chi connectivity index (χ2v) is 6.67. The first-order valence-electron chi connectivity index (χ1n) is 9.02. The third-order valence-corrected chi connectivity index (χ3v) is 5.09. The number of rotatable bonds is 4. The van der Waals surface area contributed by atoms with E-state index < -0.39 is 0 Å². The molecule has 1 atom stereocenters. The van der Waals surface area contributed by atoms with E-state index in [9.17, 15) is 4.79 Å². The van der Waals surface area contributed by atoms with Crippen molar-refractivity contribution >= 4 is 11.6 Å². The van der Waals surface area contributed by atoms with Crippen LogP contribution < -0.4 is 4.90 Å². The van der Waals surface area contributed by atoms with Crippen LogP contribution in [-0.2, 0) is 11.3 Å². The number of likely N-dealkylation sites (tertiary alicyclic amines) is 1. The standard InChI is InChI=1S/C19H24N4O2/c24-19(23-10-1-3-18(23)15-22-9-2-8-20-22)16-4-6-17(7-5-16)21-11-13-25-14-12-21/h2,4-9,18H,1,3,10-15H2. The Kier molecular flexibility index (Phi) is 4.70. The molecule has 6 heteroatoms. The highest BCUT2D eigenvalue weighted by molar-refractivity contribution is 5.95. The van der Waals surface area contributed by atoms with E-state index in [4.69, 9.17) is 4.74 Å². The Morgan fingerprint density at radius 2 is 1.96 bits per heavy atom. The van der Waals surface area contributed by atoms with Gasteiger partial charge in [-0.2, -0.15) is 5.10 Å². The van der Waals surface area contributed by atoms with Gasteiger partial charge in [0, 0.05) is 43.3 Å². The van der Waals surface area contributed by atoms with Gasteiger partial charge in [-0.15, -0.1) is 0 Å². The Hall–Kier alpha value is -2.34. The van der Waals surface area contributed by atoms with Crippen molar-refractivity contribution in [2.45, 2.75) is 25.4 Å². The summed E-state index contributed by atoms with van der Waals surface area (Å²) >= 11 is 0. The van der Waals surface area contributed by atoms with Crippen molar-refractivity contribution in [1.29, 1.82) is 0 Å². The van der Waals surface area contributed by atoms with Crippen molar-refractivity contribution in [1.82, 2.24) is 14.7 Å². The Morgan fingerprint density at radius 1 is 1.16 bits per heavy atom. The third kappa shape index (κ3) is 3.54. The van der Waals surface area contributed by atoms with E-state index in [1.54, 1.807) is 6.20 Å². The molecule has 0 bridgehead atoms. The van der Waals surface area contributed by atoms with E-state index >= 15 is 0 Å². The SMILES string of the molecule is O=C(c1ccc(N2CCOCC2)cc1)N1CCCC1Cn1cccn1. The Balaban J connectivity index is 1.44. The van der Waals surface area contributed by atoms with Gasteiger partial charge in [0.05, 0.1) is 25.8 Å². The van der Waals surface area contributed by atoms with Gasteiger partial charge < -0.3 is 14.5 Å². The number of carbonyl (C=O) groups is 1. The van der Waals surface area contributed by atoms with Crippen molar-refractivity contribution in [3.05, 3.63) is 48.3 Å². The van der Waals surface area contributed by atoms with Crippen molar-refractivity contribution in [3.8, 4) is 0 Å². The molecular formula is C19H24N4O2. The fourth-order valence-electron chi connectivity index (χ4n) is 3.72. The van der Waals surface area contributed by atoms with Crippen LogP contribution in [0.4, 0.5) is 5.69 Å². The van der Waals surface area contributed by atoms with Crippen molar-refractivity contribution < 1.29 is 9.53 Å². The summed E-state index contributed by atoms with van der Waals surface area (Å²) in [5, 5.41) is 4.27. The highest BCUT2D eigenvalue weighted by atomic mass is 16.5. The van der Waals surface area contributed by atoms with Gasteiger partial charge in [-0.25, -0.2) is 0 Å². The molecule has 132 valence electrons. The summed E-state index contributed by atoms with van der Waals surface area (Å²) in [6.07, 6.45) is 5.84. The number of hydrogen-bond donors (Lipinski definition) is 0. The average molecular weight is 340 g/mol. The average Bonchev–Trinajstić information content (AvgIpc) is 3.34. The van der Waals surface area contributed by atoms with E-state index in [2.05, 4.69) is 22.1 Å². The molecule has 0 aliphatic carbocycles. The van der Waals surface area contributed by atoms with Crippen LogP contribution in [0.1, 0.15) is 23.2 Å². The molecule has 1 amide bonds. The van der Waals surface area contributed by atoms with Crippen LogP contribution in [0.3, 0.4) is 0 Å². The molecule has 0 spiro atoms. The number of anilines is 1. The van der Waals surface area contributed by atoms with Crippen LogP contribution in [0, 0.1) is 0 Å². The molecule has 0 N–H and O–H groups in total. The van der Waals surface area contributed by atoms with Gasteiger partial charge in [-0.1, -0.05) is 0 Å². The molecular weight excluding hydrogens is 316 g/mol. The molecule has 2 saturated heterocycles. The third-order valence-electron chi connectivity index (χ3n) is 5.09. The van der Waals surface area contributed by atoms with Gasteiger partial charge in [0.15, 0.2) is 0 Å². The summed E-state index contributed by atoms with van der Waals surface area (Å²) in [7, 11) is 0. The monoisotopic (exact) mass is 340 g/mol. The Morgan fingerprint density at radius 3 is 2.68 bits per heavy atom. The number of ether oxygens (including phenoxy) is 1. The molecule has 1 aromatic heterocycles. The second-order valence-electron chi connectivity index (χ2n) is 6.67.